The van der Waals surface area contributed by atoms with E-state index in [0.29, 0.717) is 157 Å². The van der Waals surface area contributed by atoms with E-state index in [-0.39, 0.29) is 183 Å². The lowest BCUT2D eigenvalue weighted by Gasteiger charge is -2.63. The molecule has 49 atom stereocenters. The van der Waals surface area contributed by atoms with E-state index in [1.54, 1.807) is 0 Å². The Morgan fingerprint density at radius 2 is 0.592 bits per heavy atom. The Hall–Kier alpha value is -4.00. The largest absolute Gasteiger partial charge is 0.481 e. The van der Waals surface area contributed by atoms with Crippen molar-refractivity contribution in [2.24, 2.45) is 232 Å². The molecule has 806 valence electrons. The topological polar surface area (TPSA) is 420 Å². The Bertz CT molecular complexity index is 4370. The summed E-state index contributed by atoms with van der Waals surface area (Å²) >= 11 is 0. The SMILES string of the molecule is C[C@H](CCC(=O)O)[C@H]1CC[C@H]2[C@@H]3C(=O)C[C@@H]4CC(=O)CC[C@]4(C)[C@H]3CC(=O)[C@]12C.C[C@H](CCC(=O)O)[C@H]1CC[C@H]2[C@@H]3CC[C@@H]4C[C@H](O)CC[C@]4(C)[C@H]3CC[C@]12C.C[C@H](CCC(=O)O)[C@H]1CC[C@H]2[C@@H]3[C@H](O)C[C@@H]4C[C@H](O)CC[C@]4(C)[C@H]3CC[C@]12C.C[C@H](CCC(=O)O)[C@H]1CC[C@H]2[C@@H]3[C@H](O)C[C@@H]4C[C@H](O)CC[C@]4(C)[C@H]3C[C@H](O)[C@]12C.C[C@H](CCC(=O)O)[C@H]1CC[C@H]2[C@@H]3[C@H](O)C[C@@H]4C[C@H](O)CC[C@]4(C)[C@H]3C[C@H](O)[C@]12C. The number of carbonyl (C=O) groups excluding carboxylic acids is 3. The smallest absolute Gasteiger partial charge is 0.303 e. The molecule has 0 bridgehead atoms. The molecule has 20 aliphatic rings. The number of Topliss-reactive ketones (excluding diaryl/α,β-unsaturated/α-hetero) is 3. The van der Waals surface area contributed by atoms with Gasteiger partial charge in [-0.15, -0.1) is 0 Å². The lowest BCUT2D eigenvalue weighted by molar-refractivity contribution is -0.207. The monoisotopic (exact) mass is 1990 g/mol. The lowest BCUT2D eigenvalue weighted by Crippen LogP contribution is -2.62. The summed E-state index contributed by atoms with van der Waals surface area (Å²) in [6.07, 6.45) is 39.0. The average molecular weight is 1990 g/mol. The average Bonchev–Trinajstić information content (AvgIpc) is 1.16. The number of aliphatic hydroxyl groups is 9. The highest BCUT2D eigenvalue weighted by atomic mass is 16.4. The summed E-state index contributed by atoms with van der Waals surface area (Å²) in [4.78, 5) is 94.2. The molecule has 20 rings (SSSR count). The maximum absolute atomic E-state index is 13.6. The quantitative estimate of drug-likeness (QED) is 0.0538. The second-order valence-corrected chi connectivity index (χ2v) is 56.3. The van der Waals surface area contributed by atoms with Crippen molar-refractivity contribution in [1.82, 2.24) is 0 Å². The minimum atomic E-state index is -0.792. The van der Waals surface area contributed by atoms with Crippen LogP contribution in [0.15, 0.2) is 0 Å². The van der Waals surface area contributed by atoms with Crippen molar-refractivity contribution in [2.75, 3.05) is 0 Å². The standard InChI is InChI=1S/2C24H40O5.C24H34O5.C24H40O4.C24H40O3/c3*1-13(4-7-21(28)29)16-5-6-17-22-18(12-20(27)24(16,17)3)23(2)9-8-15(25)10-14(23)11-19(22)26;1-14(4-7-21(27)28)17-5-6-18-22-19(9-11-24(17,18)3)23(2)10-8-16(25)12-15(23)13-20(22)26;1-15(4-9-22(26)27)19-7-8-20-18-6-5-16-14-17(25)10-12-23(16,2)21(18)11-13-24(19,20)3/h2*13-20,22,25-27H,4-12H2,1-3H3,(H,28,29);13-14,16-18,22H,4-12H2,1-3H3,(H,28,29);14-20,22,25-26H,4-13H2,1-3H3,(H,27,28);15-21,25H,4-14H2,1-3H3,(H,26,27)/t2*13-,14+,15-,16-,17+,18+,19-,20+,22+,23+,24-;13-,14+,16-,17+,18+,22+,23+,24-;14-,15+,16-,17-,18+,19+,20-,22+,23+,24-;15-,16-,17-,18+,19-,20+,21+,23+,24-/m11111/s1. The highest BCUT2D eigenvalue weighted by Crippen LogP contribution is 2.76. The molecule has 0 spiro atoms. The summed E-state index contributed by atoms with van der Waals surface area (Å²) in [6.45, 7) is 34.4. The molecule has 0 amide bonds. The third-order valence-corrected chi connectivity index (χ3v) is 50.8. The van der Waals surface area contributed by atoms with Gasteiger partial charge in [-0.25, -0.2) is 0 Å². The maximum Gasteiger partial charge on any atom is 0.303 e. The van der Waals surface area contributed by atoms with Gasteiger partial charge in [0.2, 0.25) is 0 Å². The lowest BCUT2D eigenvalue weighted by atomic mass is 9.43. The molecule has 0 aromatic heterocycles. The highest BCUT2D eigenvalue weighted by Gasteiger charge is 2.72. The molecule has 0 saturated heterocycles. The molecule has 0 heterocycles. The number of aliphatic hydroxyl groups excluding tert-OH is 9. The van der Waals surface area contributed by atoms with E-state index in [1.807, 2.05) is 0 Å². The zero-order valence-electron chi connectivity index (χ0n) is 90.0. The van der Waals surface area contributed by atoms with Crippen molar-refractivity contribution >= 4 is 47.2 Å². The van der Waals surface area contributed by atoms with E-state index >= 15 is 0 Å². The van der Waals surface area contributed by atoms with Gasteiger partial charge in [-0.2, -0.15) is 0 Å². The molecular formula is C120H194O22. The highest BCUT2D eigenvalue weighted by molar-refractivity contribution is 5.93. The molecule has 0 aliphatic heterocycles. The van der Waals surface area contributed by atoms with Gasteiger partial charge in [0.05, 0.1) is 54.9 Å². The first kappa shape index (κ1) is 111. The Morgan fingerprint density at radius 3 is 1.01 bits per heavy atom. The zero-order chi connectivity index (χ0) is 103. The summed E-state index contributed by atoms with van der Waals surface area (Å²) in [5.74, 6) is 8.78. The predicted octanol–water partition coefficient (Wildman–Crippen LogP) is 21.0. The number of aliphatic carboxylic acids is 5. The number of rotatable bonds is 20. The van der Waals surface area contributed by atoms with Crippen molar-refractivity contribution in [3.8, 4) is 0 Å². The molecule has 142 heavy (non-hydrogen) atoms. The van der Waals surface area contributed by atoms with Crippen molar-refractivity contribution in [2.45, 2.75) is 467 Å². The van der Waals surface area contributed by atoms with Crippen LogP contribution in [0.2, 0.25) is 0 Å². The minimum Gasteiger partial charge on any atom is -0.481 e. The van der Waals surface area contributed by atoms with E-state index in [0.717, 1.165) is 184 Å². The summed E-state index contributed by atoms with van der Waals surface area (Å²) in [5, 5.41) is 143. The molecule has 20 aliphatic carbocycles. The van der Waals surface area contributed by atoms with E-state index < -0.39 is 47.5 Å². The van der Waals surface area contributed by atoms with E-state index in [2.05, 4.69) is 104 Å². The fourth-order valence-electron chi connectivity index (χ4n) is 42.8. The van der Waals surface area contributed by atoms with Crippen LogP contribution in [0.5, 0.6) is 0 Å². The first-order valence-corrected chi connectivity index (χ1v) is 58.5. The molecular weight excluding hydrogens is 1790 g/mol. The molecule has 14 N–H and O–H groups in total. The van der Waals surface area contributed by atoms with Gasteiger partial charge in [0.15, 0.2) is 0 Å². The molecule has 22 heteroatoms. The molecule has 0 radical (unpaired) electrons. The Morgan fingerprint density at radius 1 is 0.282 bits per heavy atom. The predicted molar refractivity (Wildman–Crippen MR) is 543 cm³/mol. The van der Waals surface area contributed by atoms with Gasteiger partial charge in [0, 0.05) is 69.1 Å². The number of carbonyl (C=O) groups is 8. The van der Waals surface area contributed by atoms with E-state index in [1.165, 1.54) is 70.6 Å². The van der Waals surface area contributed by atoms with Crippen LogP contribution in [-0.4, -0.2) is 174 Å². The van der Waals surface area contributed by atoms with Crippen LogP contribution < -0.4 is 0 Å². The molecule has 0 aromatic carbocycles. The maximum atomic E-state index is 13.6. The number of hydrogen-bond acceptors (Lipinski definition) is 17. The Balaban J connectivity index is 0.000000128. The van der Waals surface area contributed by atoms with Gasteiger partial charge in [0.25, 0.3) is 0 Å². The van der Waals surface area contributed by atoms with Crippen LogP contribution >= 0.6 is 0 Å². The number of hydrogen-bond donors (Lipinski definition) is 14. The Kier molecular flexibility index (Phi) is 32.9. The second-order valence-electron chi connectivity index (χ2n) is 56.3. The van der Waals surface area contributed by atoms with Gasteiger partial charge in [-0.3, -0.25) is 38.4 Å². The summed E-state index contributed by atoms with van der Waals surface area (Å²) in [6, 6.07) is 0. The van der Waals surface area contributed by atoms with Crippen LogP contribution in [0.1, 0.15) is 412 Å². The van der Waals surface area contributed by atoms with Gasteiger partial charge < -0.3 is 71.5 Å². The van der Waals surface area contributed by atoms with Crippen LogP contribution in [0.3, 0.4) is 0 Å². The number of carboxylic acid groups (broad SMARTS) is 5. The van der Waals surface area contributed by atoms with E-state index in [4.69, 9.17) is 25.5 Å². The van der Waals surface area contributed by atoms with Gasteiger partial charge in [-0.1, -0.05) is 104 Å². The summed E-state index contributed by atoms with van der Waals surface area (Å²) < 4.78 is 0. The molecule has 0 aromatic rings. The normalized spacial score (nSPS) is 50.6. The third-order valence-electron chi connectivity index (χ3n) is 50.8. The van der Waals surface area contributed by atoms with Gasteiger partial charge in [-0.05, 0) is 471 Å². The van der Waals surface area contributed by atoms with Gasteiger partial charge >= 0.3 is 29.8 Å². The van der Waals surface area contributed by atoms with Crippen LogP contribution in [0.4, 0.5) is 0 Å². The first-order chi connectivity index (χ1) is 66.7. The van der Waals surface area contributed by atoms with Crippen LogP contribution in [-0.2, 0) is 38.4 Å². The van der Waals surface area contributed by atoms with Crippen molar-refractivity contribution in [3.05, 3.63) is 0 Å². The van der Waals surface area contributed by atoms with Crippen LogP contribution in [0.25, 0.3) is 0 Å². The molecule has 20 saturated carbocycles. The second kappa shape index (κ2) is 42.2. The van der Waals surface area contributed by atoms with Crippen molar-refractivity contribution in [1.29, 1.82) is 0 Å². The van der Waals surface area contributed by atoms with Gasteiger partial charge in [0.1, 0.15) is 17.3 Å². The number of fused-ring (bicyclic) bond motifs is 25. The molecule has 22 nitrogen and oxygen atoms in total. The van der Waals surface area contributed by atoms with Crippen LogP contribution in [0, 0.1) is 232 Å². The third kappa shape index (κ3) is 19.7. The molecule has 0 unspecified atom stereocenters. The van der Waals surface area contributed by atoms with Crippen molar-refractivity contribution < 1.29 is 110 Å². The number of ketones is 3. The minimum absolute atomic E-state index is 0.0561. The van der Waals surface area contributed by atoms with E-state index in [9.17, 15) is 84.3 Å². The first-order valence-electron chi connectivity index (χ1n) is 58.5. The Labute approximate surface area is 850 Å². The fourth-order valence-corrected chi connectivity index (χ4v) is 42.8. The number of carboxylic acids is 5. The summed E-state index contributed by atoms with van der Waals surface area (Å²) in [7, 11) is 0. The fraction of sp³-hybridized carbons (Fsp3) is 0.933. The van der Waals surface area contributed by atoms with Crippen molar-refractivity contribution in [3.63, 3.8) is 0 Å². The zero-order valence-corrected chi connectivity index (χ0v) is 90.0. The summed E-state index contributed by atoms with van der Waals surface area (Å²) in [5.41, 5.74) is 0.520. The molecule has 20 fully saturated rings.